The zero-order chi connectivity index (χ0) is 26.5. The van der Waals surface area contributed by atoms with Gasteiger partial charge in [-0.25, -0.2) is 10.4 Å². The normalized spacial score (nSPS) is 15.4. The number of benzene rings is 1. The summed E-state index contributed by atoms with van der Waals surface area (Å²) in [5.41, 5.74) is 4.00. The van der Waals surface area contributed by atoms with Crippen LogP contribution in [0, 0.1) is 0 Å². The summed E-state index contributed by atoms with van der Waals surface area (Å²) in [5, 5.41) is 4.65. The van der Waals surface area contributed by atoms with Gasteiger partial charge < -0.3 is 19.1 Å². The maximum absolute atomic E-state index is 13.0. The summed E-state index contributed by atoms with van der Waals surface area (Å²) in [7, 11) is 1.50. The standard InChI is InChI=1S/C26H29N5O6S/c1-35-20-12-17(6-7-19(20)37-15-23(33)30-8-10-36-11-9-30)13-28-29-22(32)14-31-16-27-25-24(26(31)34)18-4-2-3-5-21(18)38-25/h6-7,12-13,16H,2-5,8-11,14-15H2,1H3,(H,29,32)/b28-13-. The molecule has 1 N–H and O–H groups in total. The molecular formula is C26H29N5O6S. The number of methoxy groups -OCH3 is 1. The van der Waals surface area contributed by atoms with Crippen LogP contribution in [0.3, 0.4) is 0 Å². The Bertz CT molecular complexity index is 1430. The van der Waals surface area contributed by atoms with Crippen molar-refractivity contribution in [2.24, 2.45) is 5.10 Å². The number of hydrogen-bond donors (Lipinski definition) is 1. The van der Waals surface area contributed by atoms with Crippen molar-refractivity contribution in [2.45, 2.75) is 32.2 Å². The lowest BCUT2D eigenvalue weighted by atomic mass is 9.97. The van der Waals surface area contributed by atoms with E-state index in [9.17, 15) is 14.4 Å². The molecule has 5 rings (SSSR count). The third-order valence-corrected chi connectivity index (χ3v) is 7.76. The van der Waals surface area contributed by atoms with Crippen molar-refractivity contribution in [3.63, 3.8) is 0 Å². The van der Waals surface area contributed by atoms with Gasteiger partial charge in [-0.1, -0.05) is 0 Å². The average Bonchev–Trinajstić information content (AvgIpc) is 3.33. The van der Waals surface area contributed by atoms with Gasteiger partial charge in [0.15, 0.2) is 18.1 Å². The molecule has 0 atom stereocenters. The molecule has 1 aromatic carbocycles. The lowest BCUT2D eigenvalue weighted by Gasteiger charge is -2.26. The second kappa shape index (κ2) is 11.7. The van der Waals surface area contributed by atoms with E-state index in [1.165, 1.54) is 29.1 Å². The second-order valence-electron chi connectivity index (χ2n) is 9.05. The number of nitrogens with one attached hydrogen (secondary N) is 1. The van der Waals surface area contributed by atoms with Crippen LogP contribution in [0.25, 0.3) is 10.2 Å². The Morgan fingerprint density at radius 3 is 2.84 bits per heavy atom. The maximum atomic E-state index is 13.0. The zero-order valence-corrected chi connectivity index (χ0v) is 21.9. The van der Waals surface area contributed by atoms with Gasteiger partial charge in [-0.2, -0.15) is 5.10 Å². The van der Waals surface area contributed by atoms with E-state index in [1.54, 1.807) is 34.4 Å². The summed E-state index contributed by atoms with van der Waals surface area (Å²) in [6.07, 6.45) is 6.93. The molecule has 1 fully saturated rings. The largest absolute Gasteiger partial charge is 0.493 e. The number of morpholine rings is 1. The van der Waals surface area contributed by atoms with Crippen LogP contribution in [0.5, 0.6) is 11.5 Å². The highest BCUT2D eigenvalue weighted by Crippen LogP contribution is 2.33. The molecule has 3 heterocycles. The molecule has 1 aliphatic heterocycles. The molecule has 2 aliphatic rings. The van der Waals surface area contributed by atoms with E-state index >= 15 is 0 Å². The van der Waals surface area contributed by atoms with E-state index in [-0.39, 0.29) is 24.6 Å². The summed E-state index contributed by atoms with van der Waals surface area (Å²) in [4.78, 5) is 45.9. The molecule has 0 bridgehead atoms. The van der Waals surface area contributed by atoms with E-state index in [4.69, 9.17) is 14.2 Å². The van der Waals surface area contributed by atoms with E-state index in [0.717, 1.165) is 36.1 Å². The molecule has 0 unspecified atom stereocenters. The number of hydrogen-bond acceptors (Lipinski definition) is 9. The quantitative estimate of drug-likeness (QED) is 0.342. The van der Waals surface area contributed by atoms with Crippen molar-refractivity contribution >= 4 is 39.6 Å². The van der Waals surface area contributed by atoms with Crippen molar-refractivity contribution in [1.29, 1.82) is 0 Å². The molecule has 11 nitrogen and oxygen atoms in total. The lowest BCUT2D eigenvalue weighted by molar-refractivity contribution is -0.137. The van der Waals surface area contributed by atoms with Gasteiger partial charge in [0.25, 0.3) is 17.4 Å². The molecule has 0 saturated carbocycles. The number of fused-ring (bicyclic) bond motifs is 3. The first-order valence-electron chi connectivity index (χ1n) is 12.5. The van der Waals surface area contributed by atoms with Crippen LogP contribution in [0.4, 0.5) is 0 Å². The molecule has 0 radical (unpaired) electrons. The molecular weight excluding hydrogens is 510 g/mol. The molecule has 2 amide bonds. The van der Waals surface area contributed by atoms with Crippen molar-refractivity contribution in [2.75, 3.05) is 40.0 Å². The van der Waals surface area contributed by atoms with Crippen molar-refractivity contribution in [3.8, 4) is 11.5 Å². The number of carbonyl (C=O) groups excluding carboxylic acids is 2. The SMILES string of the molecule is COc1cc(/C=N\NC(=O)Cn2cnc3sc4c(c3c2=O)CCCC4)ccc1OCC(=O)N1CCOCC1. The zero-order valence-electron chi connectivity index (χ0n) is 21.1. The van der Waals surface area contributed by atoms with E-state index in [0.29, 0.717) is 48.8 Å². The minimum atomic E-state index is -0.442. The molecule has 1 aliphatic carbocycles. The topological polar surface area (TPSA) is 124 Å². The number of rotatable bonds is 8. The minimum Gasteiger partial charge on any atom is -0.493 e. The van der Waals surface area contributed by atoms with Crippen molar-refractivity contribution < 1.29 is 23.8 Å². The number of aryl methyl sites for hydroxylation is 2. The highest BCUT2D eigenvalue weighted by atomic mass is 32.1. The summed E-state index contributed by atoms with van der Waals surface area (Å²) < 4.78 is 17.6. The van der Waals surface area contributed by atoms with Crippen molar-refractivity contribution in [3.05, 3.63) is 50.9 Å². The minimum absolute atomic E-state index is 0.103. The summed E-state index contributed by atoms with van der Waals surface area (Å²) in [6, 6.07) is 5.09. The van der Waals surface area contributed by atoms with Crippen LogP contribution in [-0.4, -0.2) is 72.5 Å². The molecule has 2 aromatic heterocycles. The first kappa shape index (κ1) is 25.9. The monoisotopic (exact) mass is 539 g/mol. The highest BCUT2D eigenvalue weighted by Gasteiger charge is 2.21. The Morgan fingerprint density at radius 2 is 2.03 bits per heavy atom. The number of amides is 2. The number of nitrogens with zero attached hydrogens (tertiary/aromatic N) is 4. The van der Waals surface area contributed by atoms with Gasteiger partial charge >= 0.3 is 0 Å². The van der Waals surface area contributed by atoms with E-state index in [1.807, 2.05) is 0 Å². The summed E-state index contributed by atoms with van der Waals surface area (Å²) in [6.45, 7) is 1.87. The predicted molar refractivity (Wildman–Crippen MR) is 142 cm³/mol. The van der Waals surface area contributed by atoms with E-state index in [2.05, 4.69) is 15.5 Å². The second-order valence-corrected chi connectivity index (χ2v) is 10.1. The fraction of sp³-hybridized carbons (Fsp3) is 0.423. The number of carbonyl (C=O) groups is 2. The fourth-order valence-electron chi connectivity index (χ4n) is 4.59. The Hall–Kier alpha value is -3.77. The van der Waals surface area contributed by atoms with Gasteiger partial charge in [-0.15, -0.1) is 11.3 Å². The number of aromatic nitrogens is 2. The van der Waals surface area contributed by atoms with Crippen LogP contribution in [-0.2, 0) is 33.7 Å². The van der Waals surface area contributed by atoms with Gasteiger partial charge in [-0.3, -0.25) is 19.0 Å². The fourth-order valence-corrected chi connectivity index (χ4v) is 5.81. The first-order chi connectivity index (χ1) is 18.5. The molecule has 12 heteroatoms. The van der Waals surface area contributed by atoms with Gasteiger partial charge in [0, 0.05) is 18.0 Å². The van der Waals surface area contributed by atoms with E-state index < -0.39 is 5.91 Å². The summed E-state index contributed by atoms with van der Waals surface area (Å²) >= 11 is 1.58. The lowest BCUT2D eigenvalue weighted by Crippen LogP contribution is -2.43. The maximum Gasteiger partial charge on any atom is 0.262 e. The van der Waals surface area contributed by atoms with Gasteiger partial charge in [-0.05, 0) is 55.0 Å². The Morgan fingerprint density at radius 1 is 1.21 bits per heavy atom. The highest BCUT2D eigenvalue weighted by molar-refractivity contribution is 7.18. The smallest absolute Gasteiger partial charge is 0.262 e. The Labute approximate surface area is 223 Å². The molecule has 1 saturated heterocycles. The number of thiophene rings is 1. The predicted octanol–water partition coefficient (Wildman–Crippen LogP) is 1.73. The van der Waals surface area contributed by atoms with Gasteiger partial charge in [0.1, 0.15) is 11.4 Å². The number of ether oxygens (including phenoxy) is 3. The van der Waals surface area contributed by atoms with Gasteiger partial charge in [0.05, 0.1) is 38.3 Å². The van der Waals surface area contributed by atoms with Crippen molar-refractivity contribution in [1.82, 2.24) is 19.9 Å². The van der Waals surface area contributed by atoms with Gasteiger partial charge in [0.2, 0.25) is 0 Å². The van der Waals surface area contributed by atoms with Crippen LogP contribution >= 0.6 is 11.3 Å². The third kappa shape index (κ3) is 5.70. The molecule has 38 heavy (non-hydrogen) atoms. The van der Waals surface area contributed by atoms with Crippen LogP contribution in [0.1, 0.15) is 28.8 Å². The third-order valence-electron chi connectivity index (χ3n) is 6.56. The van der Waals surface area contributed by atoms with Crippen LogP contribution in [0.15, 0.2) is 34.4 Å². The van der Waals surface area contributed by atoms with Crippen LogP contribution < -0.4 is 20.5 Å². The molecule has 3 aromatic rings. The first-order valence-corrected chi connectivity index (χ1v) is 13.3. The number of hydrazone groups is 1. The molecule has 200 valence electrons. The summed E-state index contributed by atoms with van der Waals surface area (Å²) in [5.74, 6) is 0.298. The average molecular weight is 540 g/mol. The Kier molecular flexibility index (Phi) is 7.99. The molecule has 0 spiro atoms. The Balaban J connectivity index is 1.18. The van der Waals surface area contributed by atoms with Crippen LogP contribution in [0.2, 0.25) is 0 Å².